The minimum Gasteiger partial charge on any atom is -0.227 e. The van der Waals surface area contributed by atoms with Crippen LogP contribution in [0.4, 0.5) is 13.2 Å². The normalized spacial score (nSPS) is 10.8. The number of hydrogen-bond donors (Lipinski definition) is 0. The van der Waals surface area contributed by atoms with Gasteiger partial charge in [-0.15, -0.1) is 0 Å². The molecule has 6 heteroatoms. The van der Waals surface area contributed by atoms with Crippen molar-refractivity contribution < 1.29 is 13.2 Å². The van der Waals surface area contributed by atoms with Crippen molar-refractivity contribution >= 4 is 38.5 Å². The number of rotatable bonds is 1. The molecule has 0 aliphatic heterocycles. The fraction of sp³-hybridized carbons (Fsp3) is 0.167. The highest BCUT2D eigenvalue weighted by Gasteiger charge is 2.19. The average molecular weight is 352 g/mol. The molecular formula is C6H2BrF3IN. The Kier molecular flexibility index (Phi) is 3.33. The summed E-state index contributed by atoms with van der Waals surface area (Å²) in [4.78, 5) is 3.16. The summed E-state index contributed by atoms with van der Waals surface area (Å²) in [5, 5.41) is 0. The lowest BCUT2D eigenvalue weighted by Crippen LogP contribution is -1.98. The van der Waals surface area contributed by atoms with E-state index in [4.69, 9.17) is 0 Å². The number of hydrogen-bond acceptors (Lipinski definition) is 1. The van der Waals surface area contributed by atoms with E-state index in [0.29, 0.717) is 4.47 Å². The molecule has 0 atom stereocenters. The monoisotopic (exact) mass is 351 g/mol. The summed E-state index contributed by atoms with van der Waals surface area (Å²) in [5.74, 6) is -1.11. The molecule has 0 unspecified atom stereocenters. The Bertz CT molecular complexity index is 305. The van der Waals surface area contributed by atoms with E-state index in [9.17, 15) is 13.2 Å². The maximum atomic E-state index is 12.7. The summed E-state index contributed by atoms with van der Waals surface area (Å²) in [5.41, 5.74) is -0.648. The van der Waals surface area contributed by atoms with Crippen LogP contribution in [0.1, 0.15) is 12.0 Å². The van der Waals surface area contributed by atoms with Crippen LogP contribution in [0, 0.1) is 9.52 Å². The van der Waals surface area contributed by atoms with Gasteiger partial charge in [0.2, 0.25) is 5.95 Å². The van der Waals surface area contributed by atoms with Crippen molar-refractivity contribution in [1.82, 2.24) is 4.98 Å². The van der Waals surface area contributed by atoms with E-state index in [2.05, 4.69) is 20.9 Å². The van der Waals surface area contributed by atoms with Gasteiger partial charge in [0, 0.05) is 14.2 Å². The number of nitrogens with zero attached hydrogens (tertiary/aromatic N) is 1. The van der Waals surface area contributed by atoms with Crippen molar-refractivity contribution in [2.24, 2.45) is 0 Å². The molecule has 1 aromatic rings. The third kappa shape index (κ3) is 1.90. The second-order valence-corrected chi connectivity index (χ2v) is 3.86. The zero-order chi connectivity index (χ0) is 9.30. The van der Waals surface area contributed by atoms with Gasteiger partial charge in [0.15, 0.2) is 0 Å². The van der Waals surface area contributed by atoms with Gasteiger partial charge >= 0.3 is 0 Å². The highest BCUT2D eigenvalue weighted by atomic mass is 127. The fourth-order valence-corrected chi connectivity index (χ4v) is 1.56. The van der Waals surface area contributed by atoms with Crippen LogP contribution in [-0.4, -0.2) is 4.98 Å². The van der Waals surface area contributed by atoms with Gasteiger partial charge in [0.05, 0.1) is 5.56 Å². The molecule has 0 spiro atoms. The highest BCUT2D eigenvalue weighted by molar-refractivity contribution is 14.1. The maximum Gasteiger partial charge on any atom is 0.269 e. The van der Waals surface area contributed by atoms with Crippen molar-refractivity contribution in [2.75, 3.05) is 0 Å². The molecule has 1 heterocycles. The van der Waals surface area contributed by atoms with Crippen LogP contribution < -0.4 is 0 Å². The maximum absolute atomic E-state index is 12.7. The minimum absolute atomic E-state index is 0.162. The van der Waals surface area contributed by atoms with E-state index >= 15 is 0 Å². The molecule has 1 aromatic heterocycles. The summed E-state index contributed by atoms with van der Waals surface area (Å²) in [6.45, 7) is 0. The summed E-state index contributed by atoms with van der Waals surface area (Å²) in [6, 6.07) is 0. The van der Waals surface area contributed by atoms with Crippen LogP contribution in [0.15, 0.2) is 10.7 Å². The Morgan fingerprint density at radius 3 is 2.50 bits per heavy atom. The molecule has 66 valence electrons. The molecule has 0 saturated heterocycles. The third-order valence-electron chi connectivity index (χ3n) is 1.18. The van der Waals surface area contributed by atoms with E-state index in [1.807, 2.05) is 0 Å². The molecule has 0 fully saturated rings. The molecule has 1 nitrogen and oxygen atoms in total. The first kappa shape index (κ1) is 10.2. The van der Waals surface area contributed by atoms with Gasteiger partial charge in [-0.2, -0.15) is 4.39 Å². The summed E-state index contributed by atoms with van der Waals surface area (Å²) in [6.07, 6.45) is -1.68. The fourth-order valence-electron chi connectivity index (χ4n) is 0.645. The first-order chi connectivity index (χ1) is 5.54. The Morgan fingerprint density at radius 1 is 1.50 bits per heavy atom. The zero-order valence-electron chi connectivity index (χ0n) is 5.49. The van der Waals surface area contributed by atoms with Gasteiger partial charge in [-0.05, 0) is 38.5 Å². The van der Waals surface area contributed by atoms with Gasteiger partial charge in [-0.3, -0.25) is 0 Å². The average Bonchev–Trinajstić information content (AvgIpc) is 1.97. The first-order valence-corrected chi connectivity index (χ1v) is 4.68. The van der Waals surface area contributed by atoms with Crippen LogP contribution in [0.3, 0.4) is 0 Å². The Hall–Kier alpha value is 0.150. The van der Waals surface area contributed by atoms with Crippen LogP contribution in [0.5, 0.6) is 0 Å². The van der Waals surface area contributed by atoms with Gasteiger partial charge < -0.3 is 0 Å². The first-order valence-electron chi connectivity index (χ1n) is 2.81. The summed E-state index contributed by atoms with van der Waals surface area (Å²) < 4.78 is 37.5. The van der Waals surface area contributed by atoms with Crippen LogP contribution in [0.25, 0.3) is 0 Å². The van der Waals surface area contributed by atoms with Gasteiger partial charge in [-0.25, -0.2) is 13.8 Å². The van der Waals surface area contributed by atoms with Crippen molar-refractivity contribution in [1.29, 1.82) is 0 Å². The molecule has 0 N–H and O–H groups in total. The smallest absolute Gasteiger partial charge is 0.227 e. The second-order valence-electron chi connectivity index (χ2n) is 1.93. The Labute approximate surface area is 88.6 Å². The lowest BCUT2D eigenvalue weighted by atomic mass is 10.3. The van der Waals surface area contributed by atoms with Gasteiger partial charge in [0.1, 0.15) is 0 Å². The van der Waals surface area contributed by atoms with Crippen molar-refractivity contribution in [2.45, 2.75) is 6.43 Å². The lowest BCUT2D eigenvalue weighted by molar-refractivity contribution is 0.144. The van der Waals surface area contributed by atoms with E-state index in [1.54, 1.807) is 22.6 Å². The van der Waals surface area contributed by atoms with Crippen LogP contribution in [-0.2, 0) is 0 Å². The molecule has 0 radical (unpaired) electrons. The predicted octanol–water partition coefficient (Wildman–Crippen LogP) is 3.53. The molecule has 0 aliphatic carbocycles. The van der Waals surface area contributed by atoms with Gasteiger partial charge in [0.25, 0.3) is 6.43 Å². The number of pyridine rings is 1. The zero-order valence-corrected chi connectivity index (χ0v) is 9.24. The van der Waals surface area contributed by atoms with Gasteiger partial charge in [-0.1, -0.05) is 0 Å². The molecular weight excluding hydrogens is 350 g/mol. The lowest BCUT2D eigenvalue weighted by Gasteiger charge is -2.04. The molecule has 0 aromatic carbocycles. The number of alkyl halides is 2. The van der Waals surface area contributed by atoms with E-state index in [-0.39, 0.29) is 3.57 Å². The Morgan fingerprint density at radius 2 is 2.08 bits per heavy atom. The van der Waals surface area contributed by atoms with Crippen molar-refractivity contribution in [3.05, 3.63) is 25.8 Å². The SMILES string of the molecule is Fc1ncc(Br)c(I)c1C(F)F. The molecule has 0 bridgehead atoms. The second kappa shape index (κ2) is 3.91. The van der Waals surface area contributed by atoms with E-state index < -0.39 is 17.9 Å². The molecule has 0 aliphatic rings. The van der Waals surface area contributed by atoms with Crippen LogP contribution in [0.2, 0.25) is 0 Å². The van der Waals surface area contributed by atoms with Crippen LogP contribution >= 0.6 is 38.5 Å². The molecule has 1 rings (SSSR count). The van der Waals surface area contributed by atoms with E-state index in [1.165, 1.54) is 0 Å². The summed E-state index contributed by atoms with van der Waals surface area (Å²) >= 11 is 4.62. The molecule has 0 saturated carbocycles. The van der Waals surface area contributed by atoms with Crippen molar-refractivity contribution in [3.63, 3.8) is 0 Å². The topological polar surface area (TPSA) is 12.9 Å². The molecule has 0 amide bonds. The highest BCUT2D eigenvalue weighted by Crippen LogP contribution is 2.30. The third-order valence-corrected chi connectivity index (χ3v) is 3.68. The van der Waals surface area contributed by atoms with E-state index in [0.717, 1.165) is 6.20 Å². The summed E-state index contributed by atoms with van der Waals surface area (Å²) in [7, 11) is 0. The van der Waals surface area contributed by atoms with Crippen molar-refractivity contribution in [3.8, 4) is 0 Å². The number of halogens is 5. The predicted molar refractivity (Wildman–Crippen MR) is 49.6 cm³/mol. The largest absolute Gasteiger partial charge is 0.269 e. The Balaban J connectivity index is 3.33. The quantitative estimate of drug-likeness (QED) is 0.557. The standard InChI is InChI=1S/C6H2BrF3IN/c7-2-1-12-6(10)3(4(2)11)5(8)9/h1,5H. The minimum atomic E-state index is -2.83. The number of aromatic nitrogens is 1. The molecule has 12 heavy (non-hydrogen) atoms.